The van der Waals surface area contributed by atoms with Crippen LogP contribution in [0, 0.1) is 30.8 Å². The fourth-order valence-electron chi connectivity index (χ4n) is 2.68. The molecule has 1 aliphatic rings. The van der Waals surface area contributed by atoms with Crippen LogP contribution >= 0.6 is 7.92 Å². The van der Waals surface area contributed by atoms with Crippen molar-refractivity contribution in [3.63, 3.8) is 0 Å². The molecule has 0 unspecified atom stereocenters. The van der Waals surface area contributed by atoms with Crippen molar-refractivity contribution in [1.29, 1.82) is 0 Å². The zero-order valence-corrected chi connectivity index (χ0v) is 13.8. The average molecular weight is 307 g/mol. The van der Waals surface area contributed by atoms with Gasteiger partial charge in [0.1, 0.15) is 0 Å². The van der Waals surface area contributed by atoms with Gasteiger partial charge in [-0.15, -0.1) is 0 Å². The molecule has 0 saturated heterocycles. The van der Waals surface area contributed by atoms with E-state index in [1.807, 2.05) is 0 Å². The summed E-state index contributed by atoms with van der Waals surface area (Å²) < 4.78 is 5.57. The number of rotatable bonds is 5. The number of benzene rings is 2. The van der Waals surface area contributed by atoms with E-state index in [-0.39, 0.29) is 6.10 Å². The summed E-state index contributed by atoms with van der Waals surface area (Å²) >= 11 is 0. The summed E-state index contributed by atoms with van der Waals surface area (Å²) in [5.74, 6) is 1.29. The van der Waals surface area contributed by atoms with E-state index < -0.39 is 7.92 Å². The van der Waals surface area contributed by atoms with Crippen LogP contribution in [0.15, 0.2) is 60.7 Å². The number of ether oxygens (including phenoxy) is 1. The van der Waals surface area contributed by atoms with E-state index in [1.165, 1.54) is 22.2 Å². The molecule has 0 N–H and O–H groups in total. The van der Waals surface area contributed by atoms with Gasteiger partial charge in [-0.25, -0.2) is 0 Å². The first kappa shape index (κ1) is 15.7. The Morgan fingerprint density at radius 3 is 1.86 bits per heavy atom. The van der Waals surface area contributed by atoms with Crippen molar-refractivity contribution >= 4 is 18.5 Å². The fraction of sp³-hybridized carbons (Fsp3) is 0.150. The van der Waals surface area contributed by atoms with E-state index in [0.717, 1.165) is 0 Å². The Labute approximate surface area is 135 Å². The second-order valence-corrected chi connectivity index (χ2v) is 7.44. The standard InChI is InChI=1S/C20H20OP/c1-16(21-2)19-14-9-15-20(19)22(17-10-5-3-6-11-17)18-12-7-4-8-13-18/h3-16H,1-2H3/t16-/m0/s1. The molecule has 0 heterocycles. The van der Waals surface area contributed by atoms with Crippen molar-refractivity contribution in [2.24, 2.45) is 0 Å². The first-order valence-electron chi connectivity index (χ1n) is 7.50. The largest absolute Gasteiger partial charge is 0.381 e. The Kier molecular flexibility index (Phi) is 5.28. The van der Waals surface area contributed by atoms with Crippen LogP contribution in [0.2, 0.25) is 0 Å². The lowest BCUT2D eigenvalue weighted by molar-refractivity contribution is 0.135. The molecule has 0 bridgehead atoms. The molecule has 3 rings (SSSR count). The predicted molar refractivity (Wildman–Crippen MR) is 94.9 cm³/mol. The highest BCUT2D eigenvalue weighted by Gasteiger charge is 2.39. The van der Waals surface area contributed by atoms with Crippen molar-refractivity contribution in [2.75, 3.05) is 7.11 Å². The molecule has 1 saturated carbocycles. The molecule has 1 fully saturated rings. The highest BCUT2D eigenvalue weighted by atomic mass is 31.1. The second kappa shape index (κ2) is 7.40. The van der Waals surface area contributed by atoms with Crippen molar-refractivity contribution in [2.45, 2.75) is 13.0 Å². The first-order valence-corrected chi connectivity index (χ1v) is 8.84. The summed E-state index contributed by atoms with van der Waals surface area (Å²) in [5.41, 5.74) is 1.39. The Morgan fingerprint density at radius 2 is 1.36 bits per heavy atom. The van der Waals surface area contributed by atoms with Crippen LogP contribution < -0.4 is 10.6 Å². The van der Waals surface area contributed by atoms with Gasteiger partial charge in [0.15, 0.2) is 0 Å². The van der Waals surface area contributed by atoms with Gasteiger partial charge in [0.25, 0.3) is 0 Å². The average Bonchev–Trinajstić information content (AvgIpc) is 3.06. The monoisotopic (exact) mass is 307 g/mol. The molecule has 2 aromatic rings. The van der Waals surface area contributed by atoms with Crippen molar-refractivity contribution in [3.8, 4) is 0 Å². The van der Waals surface area contributed by atoms with Crippen molar-refractivity contribution in [3.05, 3.63) is 91.5 Å². The predicted octanol–water partition coefficient (Wildman–Crippen LogP) is 3.89. The molecule has 2 aromatic carbocycles. The Morgan fingerprint density at radius 1 is 0.818 bits per heavy atom. The zero-order chi connectivity index (χ0) is 15.4. The fourth-order valence-corrected chi connectivity index (χ4v) is 5.22. The maximum Gasteiger partial charge on any atom is 0.0618 e. The van der Waals surface area contributed by atoms with Crippen LogP contribution in [0.4, 0.5) is 0 Å². The van der Waals surface area contributed by atoms with Gasteiger partial charge in [-0.1, -0.05) is 60.7 Å². The molecule has 22 heavy (non-hydrogen) atoms. The van der Waals surface area contributed by atoms with Gasteiger partial charge < -0.3 is 4.74 Å². The van der Waals surface area contributed by atoms with E-state index in [2.05, 4.69) is 86.8 Å². The Hall–Kier alpha value is -1.17. The third-order valence-corrected chi connectivity index (χ3v) is 6.41. The lowest BCUT2D eigenvalue weighted by Crippen LogP contribution is -2.25. The molecule has 0 spiro atoms. The van der Waals surface area contributed by atoms with E-state index in [0.29, 0.717) is 0 Å². The number of methoxy groups -OCH3 is 1. The summed E-state index contributed by atoms with van der Waals surface area (Å²) in [7, 11) is 1.22. The Bertz CT molecular complexity index is 529. The van der Waals surface area contributed by atoms with Gasteiger partial charge in [0.05, 0.1) is 6.10 Å². The zero-order valence-electron chi connectivity index (χ0n) is 12.9. The van der Waals surface area contributed by atoms with E-state index in [4.69, 9.17) is 4.74 Å². The molecule has 0 aromatic heterocycles. The van der Waals surface area contributed by atoms with E-state index >= 15 is 0 Å². The van der Waals surface area contributed by atoms with Gasteiger partial charge in [-0.05, 0) is 44.7 Å². The minimum atomic E-state index is -0.548. The lowest BCUT2D eigenvalue weighted by Gasteiger charge is -2.31. The van der Waals surface area contributed by atoms with Gasteiger partial charge >= 0.3 is 0 Å². The van der Waals surface area contributed by atoms with Crippen LogP contribution in [-0.4, -0.2) is 13.2 Å². The summed E-state index contributed by atoms with van der Waals surface area (Å²) in [5, 5.41) is 2.75. The summed E-state index contributed by atoms with van der Waals surface area (Å²) in [4.78, 5) is 0. The van der Waals surface area contributed by atoms with E-state index in [9.17, 15) is 0 Å². The molecule has 1 atom stereocenters. The van der Waals surface area contributed by atoms with Gasteiger partial charge in [0, 0.05) is 18.7 Å². The minimum Gasteiger partial charge on any atom is -0.381 e. The molecule has 2 heteroatoms. The molecule has 0 aliphatic heterocycles. The maximum atomic E-state index is 5.57. The summed E-state index contributed by atoms with van der Waals surface area (Å²) in [6, 6.07) is 21.6. The highest BCUT2D eigenvalue weighted by molar-refractivity contribution is 7.76. The van der Waals surface area contributed by atoms with Crippen LogP contribution in [0.25, 0.3) is 0 Å². The molecule has 111 valence electrons. The van der Waals surface area contributed by atoms with E-state index in [1.54, 1.807) is 7.11 Å². The smallest absolute Gasteiger partial charge is 0.0618 e. The normalized spacial score (nSPS) is 18.0. The Balaban J connectivity index is 1.99. The topological polar surface area (TPSA) is 9.23 Å². The first-order chi connectivity index (χ1) is 10.8. The summed E-state index contributed by atoms with van der Waals surface area (Å²) in [6.45, 7) is 2.11. The molecular weight excluding hydrogens is 287 g/mol. The summed E-state index contributed by atoms with van der Waals surface area (Å²) in [6.07, 6.45) is 6.69. The van der Waals surface area contributed by atoms with Crippen LogP contribution in [0.5, 0.6) is 0 Å². The van der Waals surface area contributed by atoms with Crippen molar-refractivity contribution < 1.29 is 4.74 Å². The van der Waals surface area contributed by atoms with Crippen LogP contribution in [0.3, 0.4) is 0 Å². The molecule has 1 aliphatic carbocycles. The van der Waals surface area contributed by atoms with Crippen molar-refractivity contribution in [1.82, 2.24) is 0 Å². The SMILES string of the molecule is CO[C@@H](C)[C]1[CH][CH][CH][C]1P(c1ccccc1)c1ccccc1. The van der Waals surface area contributed by atoms with Crippen LogP contribution in [-0.2, 0) is 4.74 Å². The molecular formula is C20H20OP. The molecule has 1 nitrogen and oxygen atoms in total. The molecule has 5 radical (unpaired) electrons. The molecule has 0 amide bonds. The second-order valence-electron chi connectivity index (χ2n) is 5.25. The maximum absolute atomic E-state index is 5.57. The number of hydrogen-bond acceptors (Lipinski definition) is 1. The van der Waals surface area contributed by atoms with Crippen LogP contribution in [0.1, 0.15) is 6.92 Å². The highest BCUT2D eigenvalue weighted by Crippen LogP contribution is 2.56. The quantitative estimate of drug-likeness (QED) is 0.762. The lowest BCUT2D eigenvalue weighted by atomic mass is 10.0. The third kappa shape index (κ3) is 3.26. The third-order valence-electron chi connectivity index (χ3n) is 3.89. The minimum absolute atomic E-state index is 0.113. The van der Waals surface area contributed by atoms with Gasteiger partial charge in [-0.3, -0.25) is 0 Å². The van der Waals surface area contributed by atoms with Gasteiger partial charge in [0.2, 0.25) is 0 Å². The van der Waals surface area contributed by atoms with Gasteiger partial charge in [-0.2, -0.15) is 0 Å². The number of hydrogen-bond donors (Lipinski definition) is 0.